The van der Waals surface area contributed by atoms with Crippen LogP contribution in [-0.2, 0) is 17.6 Å². The van der Waals surface area contributed by atoms with Gasteiger partial charge >= 0.3 is 0 Å². The summed E-state index contributed by atoms with van der Waals surface area (Å²) in [5.41, 5.74) is 9.82. The molecule has 1 aromatic heterocycles. The molecule has 6 nitrogen and oxygen atoms in total. The van der Waals surface area contributed by atoms with Crippen molar-refractivity contribution in [3.8, 4) is 0 Å². The monoisotopic (exact) mass is 546 g/mol. The van der Waals surface area contributed by atoms with E-state index < -0.39 is 35.3 Å². The molecule has 0 aliphatic rings. The average molecular weight is 547 g/mol. The number of aromatic nitrogens is 1. The van der Waals surface area contributed by atoms with E-state index in [1.165, 1.54) is 24.3 Å². The van der Waals surface area contributed by atoms with Crippen molar-refractivity contribution >= 4 is 34.0 Å². The van der Waals surface area contributed by atoms with E-state index in [2.05, 4.69) is 15.3 Å². The van der Waals surface area contributed by atoms with Gasteiger partial charge in [0.2, 0.25) is 11.8 Å². The lowest BCUT2D eigenvalue weighted by Gasteiger charge is -2.24. The summed E-state index contributed by atoms with van der Waals surface area (Å²) >= 11 is 0. The van der Waals surface area contributed by atoms with E-state index in [0.717, 1.165) is 11.8 Å². The number of carbonyl (C=O) groups is 2. The molecule has 4 rings (SSSR count). The number of aliphatic imine (C=N–C) groups is 1. The van der Waals surface area contributed by atoms with Gasteiger partial charge in [-0.2, -0.15) is 0 Å². The Morgan fingerprint density at radius 3 is 2.35 bits per heavy atom. The topological polar surface area (TPSA) is 100 Å². The highest BCUT2D eigenvalue weighted by molar-refractivity contribution is 6.27. The van der Waals surface area contributed by atoms with Crippen molar-refractivity contribution in [2.75, 3.05) is 7.05 Å². The first-order valence-electron chi connectivity index (χ1n) is 12.6. The van der Waals surface area contributed by atoms with Crippen molar-refractivity contribution in [2.45, 2.75) is 32.7 Å². The number of aromatic amines is 1. The van der Waals surface area contributed by atoms with Crippen molar-refractivity contribution in [1.82, 2.24) is 10.3 Å². The molecule has 1 heterocycles. The van der Waals surface area contributed by atoms with E-state index in [1.54, 1.807) is 57.3 Å². The van der Waals surface area contributed by atoms with Crippen molar-refractivity contribution in [1.29, 1.82) is 0 Å². The first-order chi connectivity index (χ1) is 19.1. The Bertz CT molecular complexity index is 1640. The smallest absolute Gasteiger partial charge is 0.248 e. The minimum absolute atomic E-state index is 0.0292. The second kappa shape index (κ2) is 12.0. The molecule has 2 amide bonds. The zero-order valence-corrected chi connectivity index (χ0v) is 22.3. The number of nitrogens with one attached hydrogen (secondary N) is 2. The van der Waals surface area contributed by atoms with Gasteiger partial charge in [-0.15, -0.1) is 0 Å². The molecule has 3 aromatic carbocycles. The zero-order valence-electron chi connectivity index (χ0n) is 22.3. The summed E-state index contributed by atoms with van der Waals surface area (Å²) in [5, 5.41) is 3.56. The normalized spacial score (nSPS) is 12.9. The summed E-state index contributed by atoms with van der Waals surface area (Å²) in [4.78, 5) is 32.9. The first kappa shape index (κ1) is 28.4. The Balaban J connectivity index is 1.71. The number of carbonyl (C=O) groups excluding carboxylic acids is 2. The molecule has 0 spiro atoms. The lowest BCUT2D eigenvalue weighted by Crippen LogP contribution is -2.43. The highest BCUT2D eigenvalue weighted by Crippen LogP contribution is 2.25. The number of rotatable bonds is 9. The fourth-order valence-corrected chi connectivity index (χ4v) is 4.94. The van der Waals surface area contributed by atoms with Gasteiger partial charge in [-0.3, -0.25) is 14.6 Å². The van der Waals surface area contributed by atoms with Crippen LogP contribution < -0.4 is 11.1 Å². The number of primary amides is 1. The average Bonchev–Trinajstić information content (AvgIpc) is 3.20. The molecule has 40 heavy (non-hydrogen) atoms. The molecular weight excluding hydrogens is 517 g/mol. The fourth-order valence-electron chi connectivity index (χ4n) is 4.94. The lowest BCUT2D eigenvalue weighted by molar-refractivity contribution is -0.120. The van der Waals surface area contributed by atoms with Gasteiger partial charge in [0, 0.05) is 40.8 Å². The van der Waals surface area contributed by atoms with Gasteiger partial charge in [-0.1, -0.05) is 18.2 Å². The Morgan fingerprint density at radius 2 is 1.70 bits per heavy atom. The van der Waals surface area contributed by atoms with Crippen LogP contribution in [0.3, 0.4) is 0 Å². The maximum absolute atomic E-state index is 14.1. The lowest BCUT2D eigenvalue weighted by atomic mass is 9.91. The molecule has 9 heteroatoms. The van der Waals surface area contributed by atoms with Crippen molar-refractivity contribution in [3.05, 3.63) is 112 Å². The van der Waals surface area contributed by atoms with Gasteiger partial charge in [0.25, 0.3) is 0 Å². The third kappa shape index (κ3) is 6.31. The molecule has 1 unspecified atom stereocenters. The minimum Gasteiger partial charge on any atom is -0.366 e. The first-order valence-corrected chi connectivity index (χ1v) is 12.6. The van der Waals surface area contributed by atoms with Gasteiger partial charge in [-0.25, -0.2) is 13.2 Å². The maximum atomic E-state index is 14.1. The second-order valence-corrected chi connectivity index (χ2v) is 9.45. The van der Waals surface area contributed by atoms with E-state index >= 15 is 0 Å². The van der Waals surface area contributed by atoms with E-state index in [-0.39, 0.29) is 12.8 Å². The number of H-pyrrole nitrogens is 1. The van der Waals surface area contributed by atoms with E-state index in [9.17, 15) is 22.8 Å². The van der Waals surface area contributed by atoms with Gasteiger partial charge < -0.3 is 16.0 Å². The SMILES string of the molecule is CC=C(C(=NC)C(Cc1cc(F)cc(F)c1)NC(=O)Cc1c(C)[nH]c2ccc(F)cc12)c1cccc(C(N)=O)c1. The Hall–Kier alpha value is -4.66. The Kier molecular flexibility index (Phi) is 8.52. The predicted molar refractivity (Wildman–Crippen MR) is 151 cm³/mol. The number of fused-ring (bicyclic) bond motifs is 1. The number of allylic oxidation sites excluding steroid dienone is 1. The van der Waals surface area contributed by atoms with Gasteiger partial charge in [0.05, 0.1) is 18.2 Å². The number of nitrogens with zero attached hydrogens (tertiary/aromatic N) is 1. The molecule has 4 N–H and O–H groups in total. The van der Waals surface area contributed by atoms with Crippen LogP contribution in [0.1, 0.15) is 39.7 Å². The summed E-state index contributed by atoms with van der Waals surface area (Å²) in [6.45, 7) is 3.58. The molecule has 0 aliphatic carbocycles. The number of amides is 2. The molecular formula is C31H29F3N4O2. The van der Waals surface area contributed by atoms with Crippen LogP contribution in [0.15, 0.2) is 71.7 Å². The van der Waals surface area contributed by atoms with Crippen LogP contribution in [0, 0.1) is 24.4 Å². The third-order valence-electron chi connectivity index (χ3n) is 6.71. The number of benzene rings is 3. The summed E-state index contributed by atoms with van der Waals surface area (Å²) in [6, 6.07) is 13.4. The number of halogens is 3. The minimum atomic E-state index is -0.801. The predicted octanol–water partition coefficient (Wildman–Crippen LogP) is 5.44. The summed E-state index contributed by atoms with van der Waals surface area (Å²) in [7, 11) is 1.55. The highest BCUT2D eigenvalue weighted by Gasteiger charge is 2.25. The zero-order chi connectivity index (χ0) is 29.0. The second-order valence-electron chi connectivity index (χ2n) is 9.45. The fraction of sp³-hybridized carbons (Fsp3) is 0.194. The van der Waals surface area contributed by atoms with Gasteiger partial charge in [0.15, 0.2) is 0 Å². The van der Waals surface area contributed by atoms with E-state index in [0.29, 0.717) is 44.4 Å². The van der Waals surface area contributed by atoms with Gasteiger partial charge in [0.1, 0.15) is 17.5 Å². The number of aryl methyl sites for hydroxylation is 1. The summed E-state index contributed by atoms with van der Waals surface area (Å²) in [6.07, 6.45) is 1.74. The number of hydrogen-bond acceptors (Lipinski definition) is 3. The van der Waals surface area contributed by atoms with Crippen molar-refractivity contribution < 1.29 is 22.8 Å². The summed E-state index contributed by atoms with van der Waals surface area (Å²) < 4.78 is 42.1. The molecule has 1 atom stereocenters. The van der Waals surface area contributed by atoms with Crippen LogP contribution in [0.5, 0.6) is 0 Å². The van der Waals surface area contributed by atoms with Crippen LogP contribution in [0.25, 0.3) is 16.5 Å². The molecule has 0 radical (unpaired) electrons. The Morgan fingerprint density at radius 1 is 1.00 bits per heavy atom. The van der Waals surface area contributed by atoms with Crippen molar-refractivity contribution in [2.24, 2.45) is 10.7 Å². The van der Waals surface area contributed by atoms with E-state index in [4.69, 9.17) is 5.73 Å². The highest BCUT2D eigenvalue weighted by atomic mass is 19.1. The molecule has 0 saturated carbocycles. The quantitative estimate of drug-likeness (QED) is 0.244. The van der Waals surface area contributed by atoms with E-state index in [1.807, 2.05) is 0 Å². The number of nitrogens with two attached hydrogens (primary N) is 1. The summed E-state index contributed by atoms with van der Waals surface area (Å²) in [5.74, 6) is -2.90. The van der Waals surface area contributed by atoms with Gasteiger partial charge in [-0.05, 0) is 79.4 Å². The molecule has 206 valence electrons. The van der Waals surface area contributed by atoms with Crippen molar-refractivity contribution in [3.63, 3.8) is 0 Å². The van der Waals surface area contributed by atoms with Crippen LogP contribution in [0.4, 0.5) is 13.2 Å². The Labute approximate surface area is 229 Å². The largest absolute Gasteiger partial charge is 0.366 e. The third-order valence-corrected chi connectivity index (χ3v) is 6.71. The standard InChI is InChI=1S/C31H29F3N4O2/c1-4-24(19-6-5-7-20(13-19)31(35)40)30(36-3)28(12-18-10-22(33)14-23(34)11-18)38-29(39)16-25-17(2)37-27-9-8-21(32)15-26(25)27/h4-11,13-15,28,37H,12,16H2,1-3H3,(H2,35,40)(H,38,39). The molecule has 0 bridgehead atoms. The molecule has 4 aromatic rings. The van der Waals surface area contributed by atoms with Crippen LogP contribution in [0.2, 0.25) is 0 Å². The molecule has 0 aliphatic heterocycles. The molecule has 0 fully saturated rings. The maximum Gasteiger partial charge on any atom is 0.248 e. The van der Waals surface area contributed by atoms with Crippen LogP contribution in [-0.4, -0.2) is 35.6 Å². The van der Waals surface area contributed by atoms with Crippen LogP contribution >= 0.6 is 0 Å². The molecule has 0 saturated heterocycles. The number of hydrogen-bond donors (Lipinski definition) is 3.